The molecule has 13 nitrogen and oxygen atoms in total. The summed E-state index contributed by atoms with van der Waals surface area (Å²) in [5.74, 6) is -2.61. The van der Waals surface area contributed by atoms with Crippen molar-refractivity contribution < 1.29 is 28.8 Å². The predicted octanol–water partition coefficient (Wildman–Crippen LogP) is 0.335. The lowest BCUT2D eigenvalue weighted by Gasteiger charge is -2.29. The molecule has 0 bridgehead atoms. The van der Waals surface area contributed by atoms with Gasteiger partial charge in [-0.05, 0) is 76.6 Å². The number of amides is 6. The number of rotatable bonds is 7. The molecule has 260 valence electrons. The maximum Gasteiger partial charge on any atom is 0.245 e. The normalized spacial score (nSPS) is 25.2. The molecule has 6 amide bonds. The summed E-state index contributed by atoms with van der Waals surface area (Å²) < 4.78 is 0. The molecule has 0 spiro atoms. The Hall–Kier alpha value is -4.00. The Kier molecular flexibility index (Phi) is 14.6. The maximum absolute atomic E-state index is 13.5. The van der Waals surface area contributed by atoms with E-state index < -0.39 is 53.7 Å². The lowest BCUT2D eigenvalue weighted by molar-refractivity contribution is -0.139. The fourth-order valence-electron chi connectivity index (χ4n) is 5.87. The molecule has 0 saturated carbocycles. The number of hydrogen-bond acceptors (Lipinski definition) is 7. The predicted molar refractivity (Wildman–Crippen MR) is 178 cm³/mol. The van der Waals surface area contributed by atoms with Crippen molar-refractivity contribution in [2.45, 2.75) is 89.9 Å². The molecule has 1 aromatic rings. The standard InChI is InChI=1S/C34H53N7O6/c1-22(2)30-33(46)36-23(3)31(44)38-27(20-25-10-7-6-8-11-25)34(47)41(5)21-29(43)35-17-9-12-26(32(45)39-30)37-28(42)14-13-24-15-18-40(4)19-16-24/h6-8,10-11,22-24,26-27,30H,9,12-21H2,1-5H3,(H,35,43)(H,36,46)(H,37,42)(H,38,44)(H,39,45)/t23-,26+,27+,30-/m1/s1. The Morgan fingerprint density at radius 3 is 2.26 bits per heavy atom. The molecule has 5 N–H and O–H groups in total. The summed E-state index contributed by atoms with van der Waals surface area (Å²) in [6.07, 6.45) is 3.88. The van der Waals surface area contributed by atoms with Gasteiger partial charge in [0.1, 0.15) is 24.2 Å². The van der Waals surface area contributed by atoms with Gasteiger partial charge in [-0.15, -0.1) is 0 Å². The van der Waals surface area contributed by atoms with Crippen LogP contribution >= 0.6 is 0 Å². The minimum absolute atomic E-state index is 0.188. The first kappa shape index (κ1) is 37.5. The minimum atomic E-state index is -1.03. The van der Waals surface area contributed by atoms with Crippen molar-refractivity contribution in [1.82, 2.24) is 36.4 Å². The van der Waals surface area contributed by atoms with Crippen molar-refractivity contribution in [3.05, 3.63) is 35.9 Å². The summed E-state index contributed by atoms with van der Waals surface area (Å²) in [4.78, 5) is 82.9. The van der Waals surface area contributed by atoms with Crippen LogP contribution in [0.5, 0.6) is 0 Å². The Morgan fingerprint density at radius 1 is 0.915 bits per heavy atom. The third-order valence-corrected chi connectivity index (χ3v) is 8.91. The van der Waals surface area contributed by atoms with Gasteiger partial charge in [-0.3, -0.25) is 28.8 Å². The number of carbonyl (C=O) groups is 6. The molecular formula is C34H53N7O6. The Labute approximate surface area is 278 Å². The summed E-state index contributed by atoms with van der Waals surface area (Å²) >= 11 is 0. The second kappa shape index (κ2) is 18.4. The van der Waals surface area contributed by atoms with Crippen molar-refractivity contribution in [1.29, 1.82) is 0 Å². The summed E-state index contributed by atoms with van der Waals surface area (Å²) in [7, 11) is 3.58. The molecule has 2 heterocycles. The summed E-state index contributed by atoms with van der Waals surface area (Å²) in [6, 6.07) is 5.26. The minimum Gasteiger partial charge on any atom is -0.355 e. The van der Waals surface area contributed by atoms with E-state index in [1.807, 2.05) is 30.3 Å². The Morgan fingerprint density at radius 2 is 1.60 bits per heavy atom. The number of nitrogens with zero attached hydrogens (tertiary/aromatic N) is 2. The largest absolute Gasteiger partial charge is 0.355 e. The SMILES string of the molecule is CC(C)[C@H]1NC(=O)[C@@H](NC(=O)CCC2CCN(C)CC2)CCCNC(=O)CN(C)C(=O)[C@H](Cc2ccccc2)NC(=O)[C@@H](C)NC1=O. The first-order valence-corrected chi connectivity index (χ1v) is 16.8. The van der Waals surface area contributed by atoms with E-state index in [1.165, 1.54) is 18.9 Å². The van der Waals surface area contributed by atoms with Gasteiger partial charge < -0.3 is 36.4 Å². The van der Waals surface area contributed by atoms with Crippen LogP contribution in [0.25, 0.3) is 0 Å². The summed E-state index contributed by atoms with van der Waals surface area (Å²) in [6.45, 7) is 7.03. The van der Waals surface area contributed by atoms with Gasteiger partial charge >= 0.3 is 0 Å². The second-order valence-corrected chi connectivity index (χ2v) is 13.3. The average molecular weight is 656 g/mol. The zero-order valence-corrected chi connectivity index (χ0v) is 28.5. The molecule has 2 fully saturated rings. The van der Waals surface area contributed by atoms with Crippen molar-refractivity contribution in [3.63, 3.8) is 0 Å². The van der Waals surface area contributed by atoms with Crippen molar-refractivity contribution in [2.75, 3.05) is 40.3 Å². The molecule has 2 aliphatic heterocycles. The molecule has 0 aromatic heterocycles. The fourth-order valence-corrected chi connectivity index (χ4v) is 5.87. The number of likely N-dealkylation sites (tertiary alicyclic amines) is 1. The molecular weight excluding hydrogens is 602 g/mol. The molecule has 1 aromatic carbocycles. The van der Waals surface area contributed by atoms with E-state index in [4.69, 9.17) is 0 Å². The van der Waals surface area contributed by atoms with Gasteiger partial charge in [0, 0.05) is 26.4 Å². The third-order valence-electron chi connectivity index (χ3n) is 8.91. The van der Waals surface area contributed by atoms with Crippen molar-refractivity contribution in [2.24, 2.45) is 11.8 Å². The zero-order valence-electron chi connectivity index (χ0n) is 28.5. The lowest BCUT2D eigenvalue weighted by Crippen LogP contribution is -2.59. The first-order chi connectivity index (χ1) is 22.3. The third kappa shape index (κ3) is 12.3. The molecule has 13 heteroatoms. The van der Waals surface area contributed by atoms with Crippen molar-refractivity contribution >= 4 is 35.4 Å². The van der Waals surface area contributed by atoms with Crippen LogP contribution in [-0.2, 0) is 35.2 Å². The van der Waals surface area contributed by atoms with Crippen LogP contribution in [0.3, 0.4) is 0 Å². The van der Waals surface area contributed by atoms with Gasteiger partial charge in [-0.25, -0.2) is 0 Å². The van der Waals surface area contributed by atoms with Crippen LogP contribution in [0.15, 0.2) is 30.3 Å². The van der Waals surface area contributed by atoms with Crippen LogP contribution in [0.2, 0.25) is 0 Å². The van der Waals surface area contributed by atoms with Crippen LogP contribution in [0.4, 0.5) is 0 Å². The van der Waals surface area contributed by atoms with Crippen LogP contribution in [0, 0.1) is 11.8 Å². The van der Waals surface area contributed by atoms with Crippen LogP contribution in [-0.4, -0.2) is 110 Å². The van der Waals surface area contributed by atoms with Gasteiger partial charge in [0.25, 0.3) is 0 Å². The molecule has 47 heavy (non-hydrogen) atoms. The monoisotopic (exact) mass is 655 g/mol. The molecule has 0 aliphatic carbocycles. The van der Waals surface area contributed by atoms with Gasteiger partial charge in [-0.1, -0.05) is 44.2 Å². The molecule has 0 radical (unpaired) electrons. The van der Waals surface area contributed by atoms with Gasteiger partial charge in [0.05, 0.1) is 6.54 Å². The summed E-state index contributed by atoms with van der Waals surface area (Å²) in [5, 5.41) is 13.8. The second-order valence-electron chi connectivity index (χ2n) is 13.3. The van der Waals surface area contributed by atoms with Crippen LogP contribution in [0.1, 0.15) is 64.9 Å². The molecule has 3 rings (SSSR count). The molecule has 2 aliphatic rings. The molecule has 0 unspecified atom stereocenters. The number of hydrogen-bond donors (Lipinski definition) is 5. The van der Waals surface area contributed by atoms with E-state index in [9.17, 15) is 28.8 Å². The molecule has 4 atom stereocenters. The van der Waals surface area contributed by atoms with E-state index in [0.717, 1.165) is 37.9 Å². The Bertz CT molecular complexity index is 1230. The number of benzene rings is 1. The highest BCUT2D eigenvalue weighted by Gasteiger charge is 2.32. The van der Waals surface area contributed by atoms with E-state index in [1.54, 1.807) is 13.8 Å². The number of likely N-dealkylation sites (N-methyl/N-ethyl adjacent to an activating group) is 1. The highest BCUT2D eigenvalue weighted by Crippen LogP contribution is 2.21. The van der Waals surface area contributed by atoms with E-state index in [0.29, 0.717) is 18.8 Å². The Balaban J connectivity index is 1.75. The summed E-state index contributed by atoms with van der Waals surface area (Å²) in [5.41, 5.74) is 0.814. The van der Waals surface area contributed by atoms with E-state index in [2.05, 4.69) is 38.5 Å². The van der Waals surface area contributed by atoms with Gasteiger partial charge in [-0.2, -0.15) is 0 Å². The fraction of sp³-hybridized carbons (Fsp3) is 0.647. The highest BCUT2D eigenvalue weighted by atomic mass is 16.2. The number of piperidine rings is 1. The molecule has 2 saturated heterocycles. The van der Waals surface area contributed by atoms with Gasteiger partial charge in [0.15, 0.2) is 0 Å². The topological polar surface area (TPSA) is 169 Å². The van der Waals surface area contributed by atoms with E-state index in [-0.39, 0.29) is 37.8 Å². The number of nitrogens with one attached hydrogen (secondary N) is 5. The average Bonchev–Trinajstić information content (AvgIpc) is 3.03. The zero-order chi connectivity index (χ0) is 34.5. The quantitative estimate of drug-likeness (QED) is 0.282. The van der Waals surface area contributed by atoms with Crippen LogP contribution < -0.4 is 26.6 Å². The lowest BCUT2D eigenvalue weighted by atomic mass is 9.92. The smallest absolute Gasteiger partial charge is 0.245 e. The van der Waals surface area contributed by atoms with E-state index >= 15 is 0 Å². The van der Waals surface area contributed by atoms with Crippen molar-refractivity contribution in [3.8, 4) is 0 Å². The highest BCUT2D eigenvalue weighted by molar-refractivity contribution is 5.96. The number of carbonyl (C=O) groups excluding carboxylic acids is 6. The maximum atomic E-state index is 13.5. The van der Waals surface area contributed by atoms with Gasteiger partial charge in [0.2, 0.25) is 35.4 Å². The first-order valence-electron chi connectivity index (χ1n) is 16.8.